The number of ether oxygens (including phenoxy) is 2. The highest BCUT2D eigenvalue weighted by atomic mass is 16.7. The monoisotopic (exact) mass is 374 g/mol. The van der Waals surface area contributed by atoms with E-state index in [1.807, 2.05) is 13.8 Å². The Hall–Kier alpha value is -2.65. The molecule has 1 saturated heterocycles. The molecule has 1 atom stereocenters. The molecular formula is C18H22N4O5. The molecule has 2 aromatic rings. The van der Waals surface area contributed by atoms with E-state index in [-0.39, 0.29) is 31.0 Å². The van der Waals surface area contributed by atoms with E-state index in [4.69, 9.17) is 9.47 Å². The van der Waals surface area contributed by atoms with Gasteiger partial charge in [-0.15, -0.1) is 0 Å². The molecule has 1 aliphatic heterocycles. The first-order chi connectivity index (χ1) is 12.9. The number of benzene rings is 1. The van der Waals surface area contributed by atoms with Gasteiger partial charge in [0, 0.05) is 18.6 Å². The van der Waals surface area contributed by atoms with E-state index in [0.717, 1.165) is 12.0 Å². The van der Waals surface area contributed by atoms with Gasteiger partial charge in [0.25, 0.3) is 5.69 Å². The van der Waals surface area contributed by atoms with E-state index < -0.39 is 16.4 Å². The summed E-state index contributed by atoms with van der Waals surface area (Å²) in [5.74, 6) is -0.0686. The van der Waals surface area contributed by atoms with Crippen LogP contribution in [0.5, 0.6) is 0 Å². The fourth-order valence-corrected chi connectivity index (χ4v) is 3.09. The lowest BCUT2D eigenvalue weighted by Crippen LogP contribution is -2.48. The molecule has 144 valence electrons. The average Bonchev–Trinajstić information content (AvgIpc) is 3.21. The Morgan fingerprint density at radius 2 is 2.04 bits per heavy atom. The fraction of sp³-hybridized carbons (Fsp3) is 0.500. The number of nitrogens with zero attached hydrogens (tertiary/aromatic N) is 4. The van der Waals surface area contributed by atoms with Crippen molar-refractivity contribution in [3.05, 3.63) is 52.6 Å². The quantitative estimate of drug-likeness (QED) is 0.540. The van der Waals surface area contributed by atoms with Crippen LogP contribution in [0.2, 0.25) is 0 Å². The maximum Gasteiger partial charge on any atom is 0.269 e. The van der Waals surface area contributed by atoms with Gasteiger partial charge in [-0.2, -0.15) is 5.10 Å². The van der Waals surface area contributed by atoms with Crippen molar-refractivity contribution in [2.75, 3.05) is 13.2 Å². The Morgan fingerprint density at radius 3 is 2.56 bits per heavy atom. The highest BCUT2D eigenvalue weighted by Gasteiger charge is 2.43. The van der Waals surface area contributed by atoms with E-state index in [2.05, 4.69) is 10.1 Å². The van der Waals surface area contributed by atoms with Gasteiger partial charge in [0.15, 0.2) is 12.1 Å². The topological polar surface area (TPSA) is 109 Å². The molecule has 0 aliphatic carbocycles. The molecule has 1 fully saturated rings. The number of carbonyl (C=O) groups excluding carboxylic acids is 1. The summed E-state index contributed by atoms with van der Waals surface area (Å²) < 4.78 is 12.8. The number of nitro benzene ring substituents is 1. The zero-order valence-electron chi connectivity index (χ0n) is 15.3. The van der Waals surface area contributed by atoms with Crippen LogP contribution in [0, 0.1) is 15.5 Å². The fourth-order valence-electron chi connectivity index (χ4n) is 3.09. The number of Topliss-reactive ketones (excluding diaryl/α,β-unsaturated/α-hetero) is 1. The Kier molecular flexibility index (Phi) is 5.62. The zero-order chi connectivity index (χ0) is 19.4. The molecule has 27 heavy (non-hydrogen) atoms. The zero-order valence-corrected chi connectivity index (χ0v) is 15.3. The number of carbonyl (C=O) groups is 1. The van der Waals surface area contributed by atoms with Crippen LogP contribution in [0.25, 0.3) is 0 Å². The standard InChI is InChI=1S/C18H22N4O5/c1-3-16-26-9-18(2,10-27-16)17(23)15(21-12-19-11-20-21)8-13-4-6-14(7-5-13)22(24)25/h4-7,11-12,15-16H,3,8-10H2,1-2H3. The second-order valence-corrected chi connectivity index (χ2v) is 6.90. The second-order valence-electron chi connectivity index (χ2n) is 6.90. The van der Waals surface area contributed by atoms with Gasteiger partial charge in [-0.05, 0) is 18.9 Å². The predicted molar refractivity (Wildman–Crippen MR) is 95.0 cm³/mol. The number of nitro groups is 1. The number of aromatic nitrogens is 3. The van der Waals surface area contributed by atoms with Crippen LogP contribution >= 0.6 is 0 Å². The van der Waals surface area contributed by atoms with E-state index in [9.17, 15) is 14.9 Å². The van der Waals surface area contributed by atoms with E-state index in [1.54, 1.807) is 12.1 Å². The van der Waals surface area contributed by atoms with Crippen molar-refractivity contribution in [3.63, 3.8) is 0 Å². The highest BCUT2D eigenvalue weighted by molar-refractivity contribution is 5.88. The first-order valence-corrected chi connectivity index (χ1v) is 8.78. The summed E-state index contributed by atoms with van der Waals surface area (Å²) in [5, 5.41) is 15.0. The Bertz CT molecular complexity index is 783. The lowest BCUT2D eigenvalue weighted by atomic mass is 9.81. The van der Waals surface area contributed by atoms with Crippen molar-refractivity contribution in [2.45, 2.75) is 39.0 Å². The van der Waals surface area contributed by atoms with E-state index in [1.165, 1.54) is 29.5 Å². The van der Waals surface area contributed by atoms with E-state index in [0.29, 0.717) is 6.42 Å². The summed E-state index contributed by atoms with van der Waals surface area (Å²) in [4.78, 5) is 27.7. The van der Waals surface area contributed by atoms with Gasteiger partial charge in [0.05, 0.1) is 23.6 Å². The molecule has 9 heteroatoms. The average molecular weight is 374 g/mol. The maximum atomic E-state index is 13.3. The summed E-state index contributed by atoms with van der Waals surface area (Å²) in [6, 6.07) is 5.55. The van der Waals surface area contributed by atoms with Crippen molar-refractivity contribution in [1.82, 2.24) is 14.8 Å². The SMILES string of the molecule is CCC1OCC(C)(C(=O)C(Cc2ccc([N+](=O)[O-])cc2)n2cncn2)CO1. The largest absolute Gasteiger partial charge is 0.352 e. The van der Waals surface area contributed by atoms with Crippen LogP contribution in [-0.2, 0) is 20.7 Å². The van der Waals surface area contributed by atoms with Crippen LogP contribution in [0.1, 0.15) is 31.9 Å². The Balaban J connectivity index is 1.81. The summed E-state index contributed by atoms with van der Waals surface area (Å²) in [7, 11) is 0. The predicted octanol–water partition coefficient (Wildman–Crippen LogP) is 2.33. The molecule has 0 spiro atoms. The molecule has 1 aromatic heterocycles. The second kappa shape index (κ2) is 7.93. The van der Waals surface area contributed by atoms with Crippen LogP contribution in [0.4, 0.5) is 5.69 Å². The van der Waals surface area contributed by atoms with Gasteiger partial charge in [-0.3, -0.25) is 14.9 Å². The maximum absolute atomic E-state index is 13.3. The smallest absolute Gasteiger partial charge is 0.269 e. The molecular weight excluding hydrogens is 352 g/mol. The summed E-state index contributed by atoms with van der Waals surface area (Å²) >= 11 is 0. The number of hydrogen-bond donors (Lipinski definition) is 0. The summed E-state index contributed by atoms with van der Waals surface area (Å²) in [6.45, 7) is 4.33. The number of hydrogen-bond acceptors (Lipinski definition) is 7. The minimum absolute atomic E-state index is 0.00836. The summed E-state index contributed by atoms with van der Waals surface area (Å²) in [5.41, 5.74) is -0.000513. The lowest BCUT2D eigenvalue weighted by molar-refractivity contribution is -0.384. The van der Waals surface area contributed by atoms with Crippen molar-refractivity contribution in [1.29, 1.82) is 0 Å². The van der Waals surface area contributed by atoms with Crippen LogP contribution in [0.15, 0.2) is 36.9 Å². The van der Waals surface area contributed by atoms with Gasteiger partial charge in [-0.1, -0.05) is 19.1 Å². The highest BCUT2D eigenvalue weighted by Crippen LogP contribution is 2.32. The van der Waals surface area contributed by atoms with Crippen LogP contribution < -0.4 is 0 Å². The van der Waals surface area contributed by atoms with Crippen molar-refractivity contribution >= 4 is 11.5 Å². The number of ketones is 1. The van der Waals surface area contributed by atoms with Gasteiger partial charge in [-0.25, -0.2) is 9.67 Å². The van der Waals surface area contributed by atoms with Crippen molar-refractivity contribution in [3.8, 4) is 0 Å². The van der Waals surface area contributed by atoms with Crippen LogP contribution in [-0.4, -0.2) is 45.0 Å². The van der Waals surface area contributed by atoms with Crippen molar-refractivity contribution < 1.29 is 19.2 Å². The first kappa shape index (κ1) is 19.1. The molecule has 0 amide bonds. The number of non-ortho nitro benzene ring substituents is 1. The minimum atomic E-state index is -0.803. The lowest BCUT2D eigenvalue weighted by Gasteiger charge is -2.37. The van der Waals surface area contributed by atoms with Gasteiger partial charge < -0.3 is 9.47 Å². The molecule has 0 N–H and O–H groups in total. The molecule has 2 heterocycles. The molecule has 0 bridgehead atoms. The molecule has 0 saturated carbocycles. The third-order valence-corrected chi connectivity index (χ3v) is 4.74. The molecule has 1 unspecified atom stereocenters. The minimum Gasteiger partial charge on any atom is -0.352 e. The van der Waals surface area contributed by atoms with Crippen LogP contribution in [0.3, 0.4) is 0 Å². The Morgan fingerprint density at radius 1 is 1.37 bits per heavy atom. The molecule has 9 nitrogen and oxygen atoms in total. The molecule has 0 radical (unpaired) electrons. The first-order valence-electron chi connectivity index (χ1n) is 8.78. The molecule has 1 aromatic carbocycles. The third kappa shape index (κ3) is 4.20. The van der Waals surface area contributed by atoms with Crippen molar-refractivity contribution in [2.24, 2.45) is 5.41 Å². The molecule has 3 rings (SSSR count). The normalized spacial score (nSPS) is 23.7. The van der Waals surface area contributed by atoms with Gasteiger partial charge >= 0.3 is 0 Å². The van der Waals surface area contributed by atoms with Gasteiger partial charge in [0.1, 0.15) is 18.7 Å². The molecule has 1 aliphatic rings. The Labute approximate surface area is 156 Å². The summed E-state index contributed by atoms with van der Waals surface area (Å²) in [6.07, 6.45) is 3.65. The van der Waals surface area contributed by atoms with E-state index >= 15 is 0 Å². The van der Waals surface area contributed by atoms with Gasteiger partial charge in [0.2, 0.25) is 0 Å². The number of rotatable bonds is 7. The third-order valence-electron chi connectivity index (χ3n) is 4.74.